The molecule has 3 aromatic rings. The topological polar surface area (TPSA) is 116 Å². The molecule has 1 aromatic heterocycles. The molecule has 4 fully saturated rings. The minimum Gasteiger partial charge on any atom is -0.364 e. The van der Waals surface area contributed by atoms with Crippen molar-refractivity contribution in [1.82, 2.24) is 20.2 Å². The largest absolute Gasteiger partial charge is 0.364 e. The number of anilines is 3. The van der Waals surface area contributed by atoms with Gasteiger partial charge in [-0.3, -0.25) is 9.59 Å². The maximum absolute atomic E-state index is 14.8. The van der Waals surface area contributed by atoms with Gasteiger partial charge in [-0.2, -0.15) is 0 Å². The quantitative estimate of drug-likeness (QED) is 0.303. The van der Waals surface area contributed by atoms with Crippen molar-refractivity contribution in [2.45, 2.75) is 81.7 Å². The van der Waals surface area contributed by atoms with Gasteiger partial charge in [0.25, 0.3) is 11.8 Å². The number of aromatic nitrogens is 2. The minimum absolute atomic E-state index is 0.0641. The van der Waals surface area contributed by atoms with Gasteiger partial charge in [0.2, 0.25) is 0 Å². The van der Waals surface area contributed by atoms with Crippen molar-refractivity contribution in [3.05, 3.63) is 76.9 Å². The van der Waals surface area contributed by atoms with Crippen molar-refractivity contribution in [3.63, 3.8) is 0 Å². The molecule has 0 spiro atoms. The van der Waals surface area contributed by atoms with Gasteiger partial charge in [-0.1, -0.05) is 25.1 Å². The third-order valence-corrected chi connectivity index (χ3v) is 10.2. The number of carbonyl (C=O) groups excluding carboxylic acids is 2. The predicted molar refractivity (Wildman–Crippen MR) is 173 cm³/mol. The number of likely N-dealkylation sites (tertiary alicyclic amines) is 1. The monoisotopic (exact) mass is 611 g/mol. The van der Waals surface area contributed by atoms with Crippen LogP contribution in [0.1, 0.15) is 96.2 Å². The Morgan fingerprint density at radius 1 is 1.00 bits per heavy atom. The summed E-state index contributed by atoms with van der Waals surface area (Å²) in [6.07, 6.45) is 10.3. The van der Waals surface area contributed by atoms with Crippen LogP contribution in [0.25, 0.3) is 0 Å². The van der Waals surface area contributed by atoms with Crippen LogP contribution in [0.2, 0.25) is 0 Å². The molecule has 0 unspecified atom stereocenters. The van der Waals surface area contributed by atoms with Crippen molar-refractivity contribution < 1.29 is 14.0 Å². The lowest BCUT2D eigenvalue weighted by molar-refractivity contribution is 0.0927. The van der Waals surface area contributed by atoms with Crippen molar-refractivity contribution in [2.75, 3.05) is 36.4 Å². The van der Waals surface area contributed by atoms with Gasteiger partial charge in [-0.05, 0) is 111 Å². The van der Waals surface area contributed by atoms with E-state index < -0.39 is 17.6 Å². The number of primary amides is 1. The van der Waals surface area contributed by atoms with E-state index in [-0.39, 0.29) is 22.7 Å². The Kier molecular flexibility index (Phi) is 7.93. The predicted octanol–water partition coefficient (Wildman–Crippen LogP) is 5.25. The molecule has 0 bridgehead atoms. The molecule has 9 nitrogen and oxygen atoms in total. The van der Waals surface area contributed by atoms with Crippen LogP contribution in [0.3, 0.4) is 0 Å². The van der Waals surface area contributed by atoms with E-state index in [1.54, 1.807) is 12.3 Å². The number of nitrogens with one attached hydrogen (secondary N) is 2. The maximum Gasteiger partial charge on any atom is 0.271 e. The summed E-state index contributed by atoms with van der Waals surface area (Å²) in [6, 6.07) is 13.9. The second-order valence-corrected chi connectivity index (χ2v) is 13.6. The summed E-state index contributed by atoms with van der Waals surface area (Å²) in [4.78, 5) is 39.0. The van der Waals surface area contributed by atoms with Crippen LogP contribution in [0.15, 0.2) is 48.7 Å². The average molecular weight is 612 g/mol. The van der Waals surface area contributed by atoms with E-state index in [9.17, 15) is 14.0 Å². The van der Waals surface area contributed by atoms with Gasteiger partial charge >= 0.3 is 0 Å². The van der Waals surface area contributed by atoms with Crippen molar-refractivity contribution in [2.24, 2.45) is 5.73 Å². The molecule has 10 heteroatoms. The zero-order valence-electron chi connectivity index (χ0n) is 25.9. The molecule has 7 rings (SSSR count). The first-order valence-corrected chi connectivity index (χ1v) is 16.4. The molecule has 2 amide bonds. The Labute approximate surface area is 263 Å². The molecule has 236 valence electrons. The standard InChI is InChI=1S/C35H42FN7O2/c1-35(14-17-42(18-15-35)27-11-12-27)24-7-9-25(10-8-24)39-33-31(32(37)44)38-20-30(41-33)43-16-2-3-26(21-43)40-34(45)28-13-6-23(19-29(28)36)22-4-5-22/h6-10,13,19-20,22,26-27H,2-5,11-12,14-18,21H2,1H3,(H2,37,44)(H,39,41)(H,40,45)/t26-/m1/s1. The van der Waals surface area contributed by atoms with Crippen LogP contribution in [-0.2, 0) is 5.41 Å². The van der Waals surface area contributed by atoms with E-state index in [1.165, 1.54) is 24.5 Å². The number of piperidine rings is 2. The van der Waals surface area contributed by atoms with E-state index in [0.717, 1.165) is 68.9 Å². The van der Waals surface area contributed by atoms with Gasteiger partial charge in [0.05, 0.1) is 11.8 Å². The molecular weight excluding hydrogens is 569 g/mol. The molecule has 0 radical (unpaired) electrons. The third kappa shape index (κ3) is 6.52. The fraction of sp³-hybridized carbons (Fsp3) is 0.486. The number of carbonyl (C=O) groups is 2. The van der Waals surface area contributed by atoms with Gasteiger partial charge < -0.3 is 26.2 Å². The molecule has 2 aliphatic heterocycles. The number of hydrogen-bond donors (Lipinski definition) is 3. The number of nitrogens with zero attached hydrogens (tertiary/aromatic N) is 4. The summed E-state index contributed by atoms with van der Waals surface area (Å²) in [6.45, 7) is 5.86. The van der Waals surface area contributed by atoms with E-state index >= 15 is 0 Å². The number of benzene rings is 2. The number of halogens is 1. The molecule has 2 aliphatic carbocycles. The van der Waals surface area contributed by atoms with Crippen LogP contribution in [-0.4, -0.2) is 64.9 Å². The van der Waals surface area contributed by atoms with E-state index in [2.05, 4.69) is 39.6 Å². The van der Waals surface area contributed by atoms with Gasteiger partial charge in [0, 0.05) is 30.9 Å². The van der Waals surface area contributed by atoms with Crippen molar-refractivity contribution in [3.8, 4) is 0 Å². The number of nitrogens with two attached hydrogens (primary N) is 1. The van der Waals surface area contributed by atoms with Crippen molar-refractivity contribution in [1.29, 1.82) is 0 Å². The van der Waals surface area contributed by atoms with E-state index in [1.807, 2.05) is 23.1 Å². The van der Waals surface area contributed by atoms with Gasteiger partial charge in [-0.15, -0.1) is 0 Å². The van der Waals surface area contributed by atoms with E-state index in [0.29, 0.717) is 30.6 Å². The molecule has 2 saturated heterocycles. The van der Waals surface area contributed by atoms with Crippen LogP contribution in [0.5, 0.6) is 0 Å². The molecule has 4 N–H and O–H groups in total. The third-order valence-electron chi connectivity index (χ3n) is 10.2. The lowest BCUT2D eigenvalue weighted by atomic mass is 9.74. The zero-order valence-corrected chi connectivity index (χ0v) is 25.9. The first-order valence-electron chi connectivity index (χ1n) is 16.4. The summed E-state index contributed by atoms with van der Waals surface area (Å²) in [5.41, 5.74) is 9.02. The Morgan fingerprint density at radius 3 is 2.42 bits per heavy atom. The van der Waals surface area contributed by atoms with Gasteiger partial charge in [0.15, 0.2) is 11.5 Å². The second kappa shape index (κ2) is 12.0. The molecule has 2 saturated carbocycles. The smallest absolute Gasteiger partial charge is 0.271 e. The second-order valence-electron chi connectivity index (χ2n) is 13.6. The molecule has 45 heavy (non-hydrogen) atoms. The lowest BCUT2D eigenvalue weighted by Gasteiger charge is -2.40. The summed E-state index contributed by atoms with van der Waals surface area (Å²) >= 11 is 0. The number of rotatable bonds is 9. The SMILES string of the molecule is CC1(c2ccc(Nc3nc(N4CCC[C@@H](NC(=O)c5ccc(C6CC6)cc5F)C4)cnc3C(N)=O)cc2)CCN(C2CC2)CC1. The minimum atomic E-state index is -0.665. The fourth-order valence-electron chi connectivity index (χ4n) is 6.96. The van der Waals surface area contributed by atoms with E-state index in [4.69, 9.17) is 10.7 Å². The Balaban J connectivity index is 1.02. The highest BCUT2D eigenvalue weighted by Crippen LogP contribution is 2.41. The fourth-order valence-corrected chi connectivity index (χ4v) is 6.96. The zero-order chi connectivity index (χ0) is 31.1. The van der Waals surface area contributed by atoms with Crippen LogP contribution in [0, 0.1) is 5.82 Å². The summed E-state index contributed by atoms with van der Waals surface area (Å²) in [7, 11) is 0. The normalized spacial score (nSPS) is 21.7. The highest BCUT2D eigenvalue weighted by atomic mass is 19.1. The molecule has 1 atom stereocenters. The Morgan fingerprint density at radius 2 is 1.76 bits per heavy atom. The maximum atomic E-state index is 14.8. The highest BCUT2D eigenvalue weighted by molar-refractivity contribution is 5.96. The first-order chi connectivity index (χ1) is 21.8. The number of hydrogen-bond acceptors (Lipinski definition) is 7. The van der Waals surface area contributed by atoms with Crippen LogP contribution >= 0.6 is 0 Å². The molecule has 4 aliphatic rings. The summed E-state index contributed by atoms with van der Waals surface area (Å²) in [5, 5.41) is 6.28. The van der Waals surface area contributed by atoms with Gasteiger partial charge in [0.1, 0.15) is 11.6 Å². The molecular formula is C35H42FN7O2. The summed E-state index contributed by atoms with van der Waals surface area (Å²) < 4.78 is 14.8. The first kappa shape index (κ1) is 29.6. The number of amides is 2. The average Bonchev–Trinajstić information content (AvgIpc) is 3.96. The van der Waals surface area contributed by atoms with Crippen LogP contribution < -0.4 is 21.3 Å². The summed E-state index contributed by atoms with van der Waals surface area (Å²) in [5.74, 6) is -0.262. The lowest BCUT2D eigenvalue weighted by Crippen LogP contribution is -2.48. The molecule has 3 heterocycles. The molecule has 2 aromatic carbocycles. The van der Waals surface area contributed by atoms with Crippen LogP contribution in [0.4, 0.5) is 21.7 Å². The van der Waals surface area contributed by atoms with Gasteiger partial charge in [-0.25, -0.2) is 14.4 Å². The Hall–Kier alpha value is -4.05. The Bertz CT molecular complexity index is 1580. The highest BCUT2D eigenvalue weighted by Gasteiger charge is 2.37. The van der Waals surface area contributed by atoms with Crippen molar-refractivity contribution >= 4 is 29.1 Å².